The first-order chi connectivity index (χ1) is 2.91. The summed E-state index contributed by atoms with van der Waals surface area (Å²) in [6, 6.07) is 0. The van der Waals surface area contributed by atoms with Crippen LogP contribution in [-0.2, 0) is 4.79 Å². The van der Waals surface area contributed by atoms with E-state index in [1.54, 1.807) is 0 Å². The molecular weight excluding hydrogens is 80.0 g/mol. The first kappa shape index (κ1) is 9.14. The predicted molar refractivity (Wildman–Crippen MR) is 25.2 cm³/mol. The quantitative estimate of drug-likeness (QED) is 0.421. The maximum Gasteiger partial charge on any atom is 0.106 e. The second-order valence-corrected chi connectivity index (χ2v) is 0.577. The summed E-state index contributed by atoms with van der Waals surface area (Å²) in [5, 5.41) is 0. The maximum absolute atomic E-state index is 8.00. The zero-order valence-electron chi connectivity index (χ0n) is 3.68. The van der Waals surface area contributed by atoms with Crippen LogP contribution in [-0.4, -0.2) is 19.9 Å². The van der Waals surface area contributed by atoms with Crippen LogP contribution in [0.5, 0.6) is 0 Å². The Hall–Kier alpha value is -0.410. The molecule has 0 radical (unpaired) electrons. The third-order valence-corrected chi connectivity index (χ3v) is 0.167. The Morgan fingerprint density at radius 1 is 1.17 bits per heavy atom. The minimum Gasteiger partial charge on any atom is -0.329 e. The number of carbonyl (C=O) groups excluding carboxylic acids is 1. The van der Waals surface area contributed by atoms with Crippen molar-refractivity contribution < 1.29 is 4.79 Å². The lowest BCUT2D eigenvalue weighted by Gasteiger charge is -1.72. The molecule has 0 aromatic carbocycles. The van der Waals surface area contributed by atoms with E-state index < -0.39 is 0 Å². The Morgan fingerprint density at radius 2 is 1.33 bits per heavy atom. The van der Waals surface area contributed by atoms with E-state index in [1.807, 2.05) is 6.79 Å². The van der Waals surface area contributed by atoms with Crippen molar-refractivity contribution in [3.05, 3.63) is 0 Å². The number of rotatable bonds is 1. The van der Waals surface area contributed by atoms with E-state index in [4.69, 9.17) is 16.3 Å². The highest BCUT2D eigenvalue weighted by Crippen LogP contribution is 1.24. The van der Waals surface area contributed by atoms with E-state index in [0.717, 1.165) is 0 Å². The number of carbonyl (C=O) groups is 1. The van der Waals surface area contributed by atoms with Crippen LogP contribution in [0.4, 0.5) is 0 Å². The predicted octanol–water partition coefficient (Wildman–Crippen LogP) is -1.28. The van der Waals surface area contributed by atoms with Gasteiger partial charge in [-0.2, -0.15) is 0 Å². The molecule has 0 unspecified atom stereocenters. The van der Waals surface area contributed by atoms with Crippen molar-refractivity contribution in [3.8, 4) is 0 Å². The molecule has 0 saturated heterocycles. The standard InChI is InChI=1S/C2H8N2.CH2O/c3-1-2-4;1-2/h1-4H2;1H2. The fourth-order valence-electron chi connectivity index (χ4n) is 0. The largest absolute Gasteiger partial charge is 0.329 e. The highest BCUT2D eigenvalue weighted by molar-refractivity contribution is 5.10. The number of hydrogen-bond donors (Lipinski definition) is 2. The summed E-state index contributed by atoms with van der Waals surface area (Å²) in [5.41, 5.74) is 9.81. The molecule has 0 aromatic rings. The maximum atomic E-state index is 8.00. The van der Waals surface area contributed by atoms with Crippen LogP contribution in [0.3, 0.4) is 0 Å². The molecule has 38 valence electrons. The molecule has 0 saturated carbocycles. The van der Waals surface area contributed by atoms with Crippen LogP contribution in [0.1, 0.15) is 0 Å². The minimum absolute atomic E-state index is 0.597. The highest BCUT2D eigenvalue weighted by Gasteiger charge is 1.54. The molecule has 0 bridgehead atoms. The summed E-state index contributed by atoms with van der Waals surface area (Å²) in [6.07, 6.45) is 0. The molecule has 0 spiro atoms. The normalized spacial score (nSPS) is 5.67. The second kappa shape index (κ2) is 23.4. The van der Waals surface area contributed by atoms with E-state index >= 15 is 0 Å². The van der Waals surface area contributed by atoms with E-state index in [9.17, 15) is 0 Å². The Bertz CT molecular complexity index is 16.3. The van der Waals surface area contributed by atoms with E-state index in [0.29, 0.717) is 13.1 Å². The van der Waals surface area contributed by atoms with Gasteiger partial charge in [-0.25, -0.2) is 0 Å². The van der Waals surface area contributed by atoms with Gasteiger partial charge in [-0.3, -0.25) is 0 Å². The van der Waals surface area contributed by atoms with Crippen molar-refractivity contribution in [3.63, 3.8) is 0 Å². The average Bonchev–Trinajstić information content (AvgIpc) is 1.72. The Kier molecular flexibility index (Phi) is 35.6. The molecule has 0 atom stereocenters. The summed E-state index contributed by atoms with van der Waals surface area (Å²) in [4.78, 5) is 8.00. The molecule has 4 N–H and O–H groups in total. The summed E-state index contributed by atoms with van der Waals surface area (Å²) >= 11 is 0. The molecular formula is C3H10N2O. The molecule has 3 nitrogen and oxygen atoms in total. The van der Waals surface area contributed by atoms with Crippen LogP contribution in [0.2, 0.25) is 0 Å². The topological polar surface area (TPSA) is 69.1 Å². The van der Waals surface area contributed by atoms with Gasteiger partial charge < -0.3 is 16.3 Å². The third kappa shape index (κ3) is 69.2. The van der Waals surface area contributed by atoms with Gasteiger partial charge in [0.05, 0.1) is 0 Å². The highest BCUT2D eigenvalue weighted by atomic mass is 16.1. The lowest BCUT2D eigenvalue weighted by Crippen LogP contribution is -2.11. The van der Waals surface area contributed by atoms with Gasteiger partial charge in [-0.05, 0) is 0 Å². The van der Waals surface area contributed by atoms with Crippen molar-refractivity contribution in [2.75, 3.05) is 13.1 Å². The van der Waals surface area contributed by atoms with Crippen LogP contribution < -0.4 is 11.5 Å². The fraction of sp³-hybridized carbons (Fsp3) is 0.667. The molecule has 0 rings (SSSR count). The average molecular weight is 90.1 g/mol. The second-order valence-electron chi connectivity index (χ2n) is 0.577. The van der Waals surface area contributed by atoms with E-state index in [2.05, 4.69) is 0 Å². The van der Waals surface area contributed by atoms with Crippen molar-refractivity contribution in [1.29, 1.82) is 0 Å². The molecule has 0 amide bonds. The zero-order chi connectivity index (χ0) is 5.41. The summed E-state index contributed by atoms with van der Waals surface area (Å²) in [5.74, 6) is 0. The summed E-state index contributed by atoms with van der Waals surface area (Å²) in [6.45, 7) is 3.19. The molecule has 0 aliphatic rings. The first-order valence-electron chi connectivity index (χ1n) is 1.61. The Morgan fingerprint density at radius 3 is 1.33 bits per heavy atom. The van der Waals surface area contributed by atoms with Gasteiger partial charge in [0.15, 0.2) is 0 Å². The van der Waals surface area contributed by atoms with Gasteiger partial charge in [0.1, 0.15) is 6.79 Å². The van der Waals surface area contributed by atoms with E-state index in [-0.39, 0.29) is 0 Å². The molecule has 0 aliphatic heterocycles. The Labute approximate surface area is 37.3 Å². The van der Waals surface area contributed by atoms with Gasteiger partial charge in [0.2, 0.25) is 0 Å². The molecule has 0 heterocycles. The SMILES string of the molecule is C=O.NCCN. The van der Waals surface area contributed by atoms with Crippen LogP contribution >= 0.6 is 0 Å². The van der Waals surface area contributed by atoms with Crippen molar-refractivity contribution >= 4 is 6.79 Å². The van der Waals surface area contributed by atoms with Crippen molar-refractivity contribution in [2.24, 2.45) is 11.5 Å². The minimum atomic E-state index is 0.597. The fourth-order valence-corrected chi connectivity index (χ4v) is 0. The van der Waals surface area contributed by atoms with E-state index in [1.165, 1.54) is 0 Å². The molecule has 6 heavy (non-hydrogen) atoms. The Balaban J connectivity index is 0. The summed E-state index contributed by atoms with van der Waals surface area (Å²) < 4.78 is 0. The molecule has 0 aliphatic carbocycles. The van der Waals surface area contributed by atoms with Crippen LogP contribution in [0.15, 0.2) is 0 Å². The number of nitrogens with two attached hydrogens (primary N) is 2. The van der Waals surface area contributed by atoms with Gasteiger partial charge >= 0.3 is 0 Å². The van der Waals surface area contributed by atoms with Crippen molar-refractivity contribution in [2.45, 2.75) is 0 Å². The lowest BCUT2D eigenvalue weighted by molar-refractivity contribution is -0.0979. The zero-order valence-corrected chi connectivity index (χ0v) is 3.68. The van der Waals surface area contributed by atoms with Gasteiger partial charge in [-0.15, -0.1) is 0 Å². The van der Waals surface area contributed by atoms with Crippen LogP contribution in [0.25, 0.3) is 0 Å². The third-order valence-electron chi connectivity index (χ3n) is 0.167. The van der Waals surface area contributed by atoms with Crippen LogP contribution in [0, 0.1) is 0 Å². The summed E-state index contributed by atoms with van der Waals surface area (Å²) in [7, 11) is 0. The monoisotopic (exact) mass is 90.1 g/mol. The number of hydrogen-bond acceptors (Lipinski definition) is 3. The molecule has 3 heteroatoms. The molecule has 0 fully saturated rings. The lowest BCUT2D eigenvalue weighted by atomic mass is 10.7. The van der Waals surface area contributed by atoms with Gasteiger partial charge in [-0.1, -0.05) is 0 Å². The van der Waals surface area contributed by atoms with Crippen molar-refractivity contribution in [1.82, 2.24) is 0 Å². The van der Waals surface area contributed by atoms with Gasteiger partial charge in [0, 0.05) is 13.1 Å². The van der Waals surface area contributed by atoms with Gasteiger partial charge in [0.25, 0.3) is 0 Å². The first-order valence-corrected chi connectivity index (χ1v) is 1.61. The molecule has 0 aromatic heterocycles. The smallest absolute Gasteiger partial charge is 0.106 e.